The first-order valence-corrected chi connectivity index (χ1v) is 2.69. The van der Waals surface area contributed by atoms with Gasteiger partial charge in [-0.15, -0.1) is 0 Å². The zero-order chi connectivity index (χ0) is 6.85. The quantitative estimate of drug-likeness (QED) is 0.442. The number of carbonyl (C=O) groups excluding carboxylic acids is 2. The van der Waals surface area contributed by atoms with Crippen molar-refractivity contribution in [3.63, 3.8) is 0 Å². The van der Waals surface area contributed by atoms with Gasteiger partial charge in [0.15, 0.2) is 5.78 Å². The molecule has 0 aromatic rings. The number of hydrogen-bond donors (Lipinski definition) is 0. The minimum absolute atomic E-state index is 0.00542. The van der Waals surface area contributed by atoms with Crippen LogP contribution in [0.3, 0.4) is 0 Å². The van der Waals surface area contributed by atoms with Gasteiger partial charge in [0.1, 0.15) is 5.94 Å². The van der Waals surface area contributed by atoms with E-state index in [4.69, 9.17) is 0 Å². The summed E-state index contributed by atoms with van der Waals surface area (Å²) in [4.78, 5) is 20.6. The van der Waals surface area contributed by atoms with Crippen LogP contribution in [0.25, 0.3) is 0 Å². The lowest BCUT2D eigenvalue weighted by molar-refractivity contribution is -0.113. The molecule has 1 aliphatic rings. The molecular weight excluding hydrogens is 116 g/mol. The molecule has 0 saturated heterocycles. The van der Waals surface area contributed by atoms with Crippen LogP contribution in [-0.4, -0.2) is 11.7 Å². The first-order valence-electron chi connectivity index (χ1n) is 2.69. The monoisotopic (exact) mass is 122 g/mol. The van der Waals surface area contributed by atoms with Crippen LogP contribution >= 0.6 is 0 Å². The largest absolute Gasteiger partial charge is 0.294 e. The maximum atomic E-state index is 10.5. The van der Waals surface area contributed by atoms with Crippen LogP contribution in [0.15, 0.2) is 17.2 Å². The maximum Gasteiger partial charge on any atom is 0.161 e. The highest BCUT2D eigenvalue weighted by Gasteiger charge is 2.14. The van der Waals surface area contributed by atoms with Crippen molar-refractivity contribution in [2.45, 2.75) is 13.3 Å². The van der Waals surface area contributed by atoms with Crippen LogP contribution in [0, 0.1) is 0 Å². The highest BCUT2D eigenvalue weighted by molar-refractivity contribution is 5.99. The summed E-state index contributed by atoms with van der Waals surface area (Å²) in [6.07, 6.45) is 1.72. The molecule has 0 atom stereocenters. The molecule has 0 aliphatic heterocycles. The van der Waals surface area contributed by atoms with Gasteiger partial charge in [0.2, 0.25) is 0 Å². The van der Waals surface area contributed by atoms with Crippen molar-refractivity contribution in [2.24, 2.45) is 0 Å². The maximum absolute atomic E-state index is 10.5. The molecule has 0 bridgehead atoms. The van der Waals surface area contributed by atoms with Crippen molar-refractivity contribution in [3.8, 4) is 0 Å². The lowest BCUT2D eigenvalue weighted by Crippen LogP contribution is -1.84. The fraction of sp³-hybridized carbons (Fsp3) is 0.286. The molecular formula is C7H6O2. The molecule has 46 valence electrons. The molecule has 0 aromatic heterocycles. The average molecular weight is 122 g/mol. The van der Waals surface area contributed by atoms with E-state index in [-0.39, 0.29) is 12.2 Å². The molecule has 0 unspecified atom stereocenters. The Balaban J connectivity index is 3.02. The van der Waals surface area contributed by atoms with Gasteiger partial charge in [0.05, 0.1) is 0 Å². The van der Waals surface area contributed by atoms with Gasteiger partial charge in [-0.25, -0.2) is 4.79 Å². The summed E-state index contributed by atoms with van der Waals surface area (Å²) < 4.78 is 0. The van der Waals surface area contributed by atoms with Crippen molar-refractivity contribution in [2.75, 3.05) is 0 Å². The van der Waals surface area contributed by atoms with E-state index in [2.05, 4.69) is 0 Å². The van der Waals surface area contributed by atoms with Gasteiger partial charge in [-0.2, -0.15) is 0 Å². The number of allylic oxidation sites excluding steroid dienone is 3. The summed E-state index contributed by atoms with van der Waals surface area (Å²) in [6, 6.07) is 0. The Kier molecular flexibility index (Phi) is 1.33. The van der Waals surface area contributed by atoms with E-state index in [0.29, 0.717) is 5.57 Å². The Morgan fingerprint density at radius 2 is 2.33 bits per heavy atom. The Labute approximate surface area is 52.9 Å². The van der Waals surface area contributed by atoms with Gasteiger partial charge < -0.3 is 0 Å². The molecule has 0 N–H and O–H groups in total. The highest BCUT2D eigenvalue weighted by atomic mass is 16.1. The second-order valence-electron chi connectivity index (χ2n) is 2.05. The third-order valence-corrected chi connectivity index (χ3v) is 1.33. The topological polar surface area (TPSA) is 34.1 Å². The molecule has 0 aromatic carbocycles. The Hall–Kier alpha value is -1.14. The summed E-state index contributed by atoms with van der Waals surface area (Å²) in [5, 5.41) is 0. The number of rotatable bonds is 0. The van der Waals surface area contributed by atoms with Crippen LogP contribution in [0.5, 0.6) is 0 Å². The summed E-state index contributed by atoms with van der Waals surface area (Å²) >= 11 is 0. The molecule has 2 nitrogen and oxygen atoms in total. The molecule has 0 radical (unpaired) electrons. The van der Waals surface area contributed by atoms with E-state index in [1.807, 2.05) is 0 Å². The Bertz CT molecular complexity index is 229. The molecule has 1 aliphatic carbocycles. The van der Waals surface area contributed by atoms with Crippen LogP contribution in [0.2, 0.25) is 0 Å². The highest BCUT2D eigenvalue weighted by Crippen LogP contribution is 2.17. The van der Waals surface area contributed by atoms with E-state index < -0.39 is 0 Å². The third-order valence-electron chi connectivity index (χ3n) is 1.33. The third kappa shape index (κ3) is 0.980. The van der Waals surface area contributed by atoms with Crippen LogP contribution in [0.1, 0.15) is 13.3 Å². The summed E-state index contributed by atoms with van der Waals surface area (Å²) in [6.45, 7) is 1.74. The van der Waals surface area contributed by atoms with E-state index >= 15 is 0 Å². The fourth-order valence-electron chi connectivity index (χ4n) is 0.810. The molecule has 0 fully saturated rings. The van der Waals surface area contributed by atoms with Gasteiger partial charge in [-0.1, -0.05) is 0 Å². The number of carbonyl (C=O) groups is 1. The minimum Gasteiger partial charge on any atom is -0.294 e. The van der Waals surface area contributed by atoms with Gasteiger partial charge in [-0.05, 0) is 18.6 Å². The first-order chi connectivity index (χ1) is 4.24. The molecule has 0 saturated carbocycles. The average Bonchev–Trinajstić information content (AvgIpc) is 2.10. The number of ketones is 1. The van der Waals surface area contributed by atoms with E-state index in [1.165, 1.54) is 6.08 Å². The predicted octanol–water partition coefficient (Wildman–Crippen LogP) is 0.663. The standard InChI is InChI=1S/C7H6O2/c1-5-2-7(9)3-6(5)4-8/h2H,3H2,1H3. The van der Waals surface area contributed by atoms with Crippen molar-refractivity contribution in [1.82, 2.24) is 0 Å². The smallest absolute Gasteiger partial charge is 0.161 e. The summed E-state index contributed by atoms with van der Waals surface area (Å²) in [5.41, 5.74) is 1.26. The summed E-state index contributed by atoms with van der Waals surface area (Å²) in [5.74, 6) is 1.73. The molecule has 0 spiro atoms. The molecule has 0 heterocycles. The van der Waals surface area contributed by atoms with Crippen molar-refractivity contribution >= 4 is 11.7 Å². The molecule has 0 amide bonds. The predicted molar refractivity (Wildman–Crippen MR) is 32.6 cm³/mol. The van der Waals surface area contributed by atoms with Gasteiger partial charge in [0, 0.05) is 12.0 Å². The number of hydrogen-bond acceptors (Lipinski definition) is 2. The van der Waals surface area contributed by atoms with Crippen molar-refractivity contribution < 1.29 is 9.59 Å². The zero-order valence-corrected chi connectivity index (χ0v) is 5.10. The van der Waals surface area contributed by atoms with Gasteiger partial charge in [-0.3, -0.25) is 4.79 Å². The van der Waals surface area contributed by atoms with Gasteiger partial charge in [0.25, 0.3) is 0 Å². The first kappa shape index (κ1) is 5.99. The SMILES string of the molecule is CC1=CC(=O)CC1=C=O. The molecule has 9 heavy (non-hydrogen) atoms. The van der Waals surface area contributed by atoms with E-state index in [1.54, 1.807) is 12.9 Å². The van der Waals surface area contributed by atoms with E-state index in [9.17, 15) is 9.59 Å². The lowest BCUT2D eigenvalue weighted by atomic mass is 10.2. The van der Waals surface area contributed by atoms with Crippen LogP contribution < -0.4 is 0 Å². The minimum atomic E-state index is 0.00542. The molecule has 1 rings (SSSR count). The molecule has 2 heteroatoms. The van der Waals surface area contributed by atoms with Crippen molar-refractivity contribution in [1.29, 1.82) is 0 Å². The summed E-state index contributed by atoms with van der Waals surface area (Å²) in [7, 11) is 0. The van der Waals surface area contributed by atoms with Crippen LogP contribution in [-0.2, 0) is 9.59 Å². The zero-order valence-electron chi connectivity index (χ0n) is 5.10. The van der Waals surface area contributed by atoms with Gasteiger partial charge >= 0.3 is 0 Å². The second-order valence-corrected chi connectivity index (χ2v) is 2.05. The van der Waals surface area contributed by atoms with E-state index in [0.717, 1.165) is 5.57 Å². The Morgan fingerprint density at radius 3 is 2.56 bits per heavy atom. The van der Waals surface area contributed by atoms with Crippen LogP contribution in [0.4, 0.5) is 0 Å². The normalized spacial score (nSPS) is 17.7. The van der Waals surface area contributed by atoms with Crippen molar-refractivity contribution in [3.05, 3.63) is 17.2 Å². The lowest BCUT2D eigenvalue weighted by Gasteiger charge is -1.84. The Morgan fingerprint density at radius 1 is 1.67 bits per heavy atom. The fourth-order valence-corrected chi connectivity index (χ4v) is 0.810. The second kappa shape index (κ2) is 2.00.